The molecule has 0 saturated heterocycles. The molecule has 68 valence electrons. The maximum atomic E-state index is 11.4. The third-order valence-corrected chi connectivity index (χ3v) is 2.53. The largest absolute Gasteiger partial charge is 0.496 e. The molecular formula is C10H10O2S. The van der Waals surface area contributed by atoms with Gasteiger partial charge in [-0.25, -0.2) is 0 Å². The normalized spacial score (nSPS) is 9.23. The van der Waals surface area contributed by atoms with Gasteiger partial charge in [0, 0.05) is 24.3 Å². The highest BCUT2D eigenvalue weighted by atomic mass is 32.1. The van der Waals surface area contributed by atoms with Crippen LogP contribution in [0.1, 0.15) is 22.5 Å². The maximum Gasteiger partial charge on any atom is 0.173 e. The van der Waals surface area contributed by atoms with E-state index in [2.05, 4.69) is 5.92 Å². The molecule has 0 unspecified atom stereocenters. The minimum atomic E-state index is 0.0891. The zero-order valence-electron chi connectivity index (χ0n) is 7.37. The summed E-state index contributed by atoms with van der Waals surface area (Å²) in [5.41, 5.74) is 0. The first-order valence-electron chi connectivity index (χ1n) is 3.87. The molecule has 0 atom stereocenters. The Morgan fingerprint density at radius 3 is 3.08 bits per heavy atom. The van der Waals surface area contributed by atoms with Crippen LogP contribution in [0, 0.1) is 12.3 Å². The molecule has 0 spiro atoms. The summed E-state index contributed by atoms with van der Waals surface area (Å²) in [7, 11) is 1.58. The van der Waals surface area contributed by atoms with Crippen molar-refractivity contribution in [1.82, 2.24) is 0 Å². The van der Waals surface area contributed by atoms with Crippen molar-refractivity contribution in [3.63, 3.8) is 0 Å². The monoisotopic (exact) mass is 194 g/mol. The van der Waals surface area contributed by atoms with E-state index in [1.807, 2.05) is 5.38 Å². The van der Waals surface area contributed by atoms with E-state index in [9.17, 15) is 4.79 Å². The van der Waals surface area contributed by atoms with E-state index in [-0.39, 0.29) is 5.78 Å². The fourth-order valence-corrected chi connectivity index (χ4v) is 1.71. The smallest absolute Gasteiger partial charge is 0.173 e. The minimum absolute atomic E-state index is 0.0891. The summed E-state index contributed by atoms with van der Waals surface area (Å²) in [6.45, 7) is 0. The van der Waals surface area contributed by atoms with Crippen LogP contribution in [0.25, 0.3) is 0 Å². The molecule has 13 heavy (non-hydrogen) atoms. The van der Waals surface area contributed by atoms with Crippen LogP contribution < -0.4 is 4.74 Å². The van der Waals surface area contributed by atoms with Crippen LogP contribution in [0.4, 0.5) is 0 Å². The zero-order chi connectivity index (χ0) is 9.68. The Kier molecular flexibility index (Phi) is 3.53. The molecule has 1 aromatic rings. The van der Waals surface area contributed by atoms with Crippen LogP contribution in [-0.2, 0) is 0 Å². The fraction of sp³-hybridized carbons (Fsp3) is 0.300. The Balaban J connectivity index is 2.62. The van der Waals surface area contributed by atoms with Crippen LogP contribution >= 0.6 is 11.3 Å². The summed E-state index contributed by atoms with van der Waals surface area (Å²) in [5.74, 6) is 3.26. The third kappa shape index (κ3) is 2.60. The number of ether oxygens (including phenoxy) is 1. The fourth-order valence-electron chi connectivity index (χ4n) is 0.881. The highest BCUT2D eigenvalue weighted by molar-refractivity contribution is 7.12. The van der Waals surface area contributed by atoms with Crippen molar-refractivity contribution < 1.29 is 9.53 Å². The van der Waals surface area contributed by atoms with Crippen molar-refractivity contribution in [3.05, 3.63) is 16.3 Å². The zero-order valence-corrected chi connectivity index (χ0v) is 8.19. The van der Waals surface area contributed by atoms with Crippen molar-refractivity contribution in [2.24, 2.45) is 0 Å². The number of Topliss-reactive ketones (excluding diaryl/α,β-unsaturated/α-hetero) is 1. The number of hydrogen-bond acceptors (Lipinski definition) is 3. The molecule has 0 N–H and O–H groups in total. The van der Waals surface area contributed by atoms with Gasteiger partial charge in [0.05, 0.1) is 12.0 Å². The summed E-state index contributed by atoms with van der Waals surface area (Å²) in [6, 6.07) is 1.74. The Hall–Kier alpha value is -1.27. The van der Waals surface area contributed by atoms with Crippen molar-refractivity contribution in [3.8, 4) is 18.1 Å². The lowest BCUT2D eigenvalue weighted by molar-refractivity contribution is 0.0988. The van der Waals surface area contributed by atoms with Crippen molar-refractivity contribution >= 4 is 17.1 Å². The summed E-state index contributed by atoms with van der Waals surface area (Å²) in [5, 5.41) is 1.81. The van der Waals surface area contributed by atoms with Gasteiger partial charge < -0.3 is 4.74 Å². The second-order valence-electron chi connectivity index (χ2n) is 2.48. The second kappa shape index (κ2) is 4.68. The van der Waals surface area contributed by atoms with Crippen LogP contribution in [0.3, 0.4) is 0 Å². The summed E-state index contributed by atoms with van der Waals surface area (Å²) in [6.07, 6.45) is 5.98. The van der Waals surface area contributed by atoms with Gasteiger partial charge >= 0.3 is 0 Å². The molecule has 1 rings (SSSR count). The number of ketones is 1. The number of terminal acetylenes is 1. The summed E-state index contributed by atoms with van der Waals surface area (Å²) in [4.78, 5) is 12.1. The van der Waals surface area contributed by atoms with Gasteiger partial charge in [-0.1, -0.05) is 0 Å². The van der Waals surface area contributed by atoms with Crippen LogP contribution in [0.5, 0.6) is 5.75 Å². The van der Waals surface area contributed by atoms with Gasteiger partial charge in [-0.3, -0.25) is 4.79 Å². The predicted octanol–water partition coefficient (Wildman–Crippen LogP) is 2.35. The Bertz CT molecular complexity index is 333. The van der Waals surface area contributed by atoms with E-state index in [0.717, 1.165) is 5.75 Å². The van der Waals surface area contributed by atoms with Gasteiger partial charge in [0.15, 0.2) is 5.78 Å². The molecule has 0 aromatic carbocycles. The molecule has 1 heterocycles. The van der Waals surface area contributed by atoms with E-state index in [1.165, 1.54) is 11.3 Å². The lowest BCUT2D eigenvalue weighted by Crippen LogP contribution is -1.94. The quantitative estimate of drug-likeness (QED) is 0.543. The molecule has 0 fully saturated rings. The van der Waals surface area contributed by atoms with Crippen molar-refractivity contribution in [2.75, 3.05) is 7.11 Å². The van der Waals surface area contributed by atoms with Crippen LogP contribution in [0.15, 0.2) is 11.4 Å². The van der Waals surface area contributed by atoms with Gasteiger partial charge in [0.2, 0.25) is 0 Å². The standard InChI is InChI=1S/C10H10O2S/c1-3-4-5-9(11)10-6-8(12-2)7-13-10/h1,6-7H,4-5H2,2H3. The van der Waals surface area contributed by atoms with Gasteiger partial charge in [-0.15, -0.1) is 23.7 Å². The van der Waals surface area contributed by atoms with Crippen LogP contribution in [0.2, 0.25) is 0 Å². The lowest BCUT2D eigenvalue weighted by Gasteiger charge is -1.92. The van der Waals surface area contributed by atoms with Crippen LogP contribution in [-0.4, -0.2) is 12.9 Å². The average molecular weight is 194 g/mol. The number of carbonyl (C=O) groups is 1. The van der Waals surface area contributed by atoms with Gasteiger partial charge in [0.1, 0.15) is 5.75 Å². The van der Waals surface area contributed by atoms with Crippen molar-refractivity contribution in [1.29, 1.82) is 0 Å². The van der Waals surface area contributed by atoms with Gasteiger partial charge in [0.25, 0.3) is 0 Å². The summed E-state index contributed by atoms with van der Waals surface area (Å²) < 4.78 is 4.97. The first-order chi connectivity index (χ1) is 6.27. The molecule has 0 saturated carbocycles. The number of carbonyl (C=O) groups excluding carboxylic acids is 1. The number of thiophene rings is 1. The van der Waals surface area contributed by atoms with Crippen molar-refractivity contribution in [2.45, 2.75) is 12.8 Å². The molecule has 0 amide bonds. The van der Waals surface area contributed by atoms with E-state index >= 15 is 0 Å². The maximum absolute atomic E-state index is 11.4. The van der Waals surface area contributed by atoms with E-state index in [0.29, 0.717) is 17.7 Å². The molecule has 1 aromatic heterocycles. The van der Waals surface area contributed by atoms with Gasteiger partial charge in [-0.05, 0) is 0 Å². The topological polar surface area (TPSA) is 26.3 Å². The molecular weight excluding hydrogens is 184 g/mol. The minimum Gasteiger partial charge on any atom is -0.496 e. The molecule has 0 aliphatic carbocycles. The number of methoxy groups -OCH3 is 1. The second-order valence-corrected chi connectivity index (χ2v) is 3.39. The Labute approximate surface area is 81.5 Å². The predicted molar refractivity (Wildman–Crippen MR) is 53.3 cm³/mol. The highest BCUT2D eigenvalue weighted by Crippen LogP contribution is 2.22. The SMILES string of the molecule is C#CCCC(=O)c1cc(OC)cs1. The van der Waals surface area contributed by atoms with E-state index in [1.54, 1.807) is 13.2 Å². The number of hydrogen-bond donors (Lipinski definition) is 0. The summed E-state index contributed by atoms with van der Waals surface area (Å²) >= 11 is 1.39. The van der Waals surface area contributed by atoms with Gasteiger partial charge in [-0.2, -0.15) is 0 Å². The molecule has 0 radical (unpaired) electrons. The van der Waals surface area contributed by atoms with E-state index < -0.39 is 0 Å². The average Bonchev–Trinajstić information content (AvgIpc) is 2.62. The highest BCUT2D eigenvalue weighted by Gasteiger charge is 2.08. The Morgan fingerprint density at radius 2 is 2.54 bits per heavy atom. The van der Waals surface area contributed by atoms with E-state index in [4.69, 9.17) is 11.2 Å². The Morgan fingerprint density at radius 1 is 1.77 bits per heavy atom. The lowest BCUT2D eigenvalue weighted by atomic mass is 10.2. The first kappa shape index (κ1) is 9.82. The molecule has 3 heteroatoms. The molecule has 0 aliphatic heterocycles. The first-order valence-corrected chi connectivity index (χ1v) is 4.75. The molecule has 0 aliphatic rings. The molecule has 2 nitrogen and oxygen atoms in total. The third-order valence-electron chi connectivity index (χ3n) is 1.58. The number of rotatable bonds is 4. The molecule has 0 bridgehead atoms.